The summed E-state index contributed by atoms with van der Waals surface area (Å²) >= 11 is 1.54. The average Bonchev–Trinajstić information content (AvgIpc) is 3.09. The standard InChI is InChI=1S/C17H25N3O2S/c1-12(13-4-2-6-18-11-13)10-15(21)20-8-7-19-17(22)16(20)14-5-3-9-23-14/h3,5,9,12-13,16,18H,2,4,6-8,10-11H2,1H3,(H,19,22). The number of piperidine rings is 1. The molecule has 5 nitrogen and oxygen atoms in total. The van der Waals surface area contributed by atoms with Gasteiger partial charge in [0.15, 0.2) is 0 Å². The number of thiophene rings is 1. The predicted octanol–water partition coefficient (Wildman–Crippen LogP) is 1.77. The summed E-state index contributed by atoms with van der Waals surface area (Å²) in [6.45, 7) is 5.40. The quantitative estimate of drug-likeness (QED) is 0.882. The molecule has 23 heavy (non-hydrogen) atoms. The van der Waals surface area contributed by atoms with Crippen molar-refractivity contribution in [3.63, 3.8) is 0 Å². The second-order valence-electron chi connectivity index (χ2n) is 6.58. The van der Waals surface area contributed by atoms with Crippen LogP contribution in [0.25, 0.3) is 0 Å². The molecule has 2 aliphatic heterocycles. The van der Waals surface area contributed by atoms with Gasteiger partial charge in [-0.1, -0.05) is 13.0 Å². The molecule has 3 rings (SSSR count). The Morgan fingerprint density at radius 3 is 3.04 bits per heavy atom. The third-order valence-electron chi connectivity index (χ3n) is 4.98. The Bertz CT molecular complexity index is 540. The first-order valence-electron chi connectivity index (χ1n) is 8.48. The van der Waals surface area contributed by atoms with Crippen molar-refractivity contribution in [1.29, 1.82) is 0 Å². The Morgan fingerprint density at radius 2 is 2.35 bits per heavy atom. The number of rotatable bonds is 4. The third-order valence-corrected chi connectivity index (χ3v) is 5.91. The fourth-order valence-electron chi connectivity index (χ4n) is 3.59. The summed E-state index contributed by atoms with van der Waals surface area (Å²) in [6.07, 6.45) is 2.91. The smallest absolute Gasteiger partial charge is 0.248 e. The fraction of sp³-hybridized carbons (Fsp3) is 0.647. The predicted molar refractivity (Wildman–Crippen MR) is 91.2 cm³/mol. The van der Waals surface area contributed by atoms with Crippen LogP contribution in [0.2, 0.25) is 0 Å². The first-order chi connectivity index (χ1) is 11.2. The SMILES string of the molecule is CC(CC(=O)N1CCNC(=O)C1c1cccs1)C1CCCNC1. The van der Waals surface area contributed by atoms with E-state index in [0.717, 1.165) is 18.0 Å². The Balaban J connectivity index is 1.67. The molecule has 0 spiro atoms. The zero-order valence-electron chi connectivity index (χ0n) is 13.6. The summed E-state index contributed by atoms with van der Waals surface area (Å²) in [6, 6.07) is 3.42. The largest absolute Gasteiger partial charge is 0.352 e. The van der Waals surface area contributed by atoms with Crippen LogP contribution in [0.5, 0.6) is 0 Å². The highest BCUT2D eigenvalue weighted by Crippen LogP contribution is 2.30. The molecule has 3 atom stereocenters. The van der Waals surface area contributed by atoms with Crippen LogP contribution in [0.3, 0.4) is 0 Å². The van der Waals surface area contributed by atoms with E-state index in [4.69, 9.17) is 0 Å². The van der Waals surface area contributed by atoms with Crippen molar-refractivity contribution < 1.29 is 9.59 Å². The van der Waals surface area contributed by atoms with Crippen LogP contribution in [-0.2, 0) is 9.59 Å². The van der Waals surface area contributed by atoms with Crippen molar-refractivity contribution in [2.45, 2.75) is 32.2 Å². The maximum Gasteiger partial charge on any atom is 0.248 e. The molecular formula is C17H25N3O2S. The van der Waals surface area contributed by atoms with Crippen LogP contribution in [0.15, 0.2) is 17.5 Å². The lowest BCUT2D eigenvalue weighted by Crippen LogP contribution is -2.52. The molecule has 2 saturated heterocycles. The van der Waals surface area contributed by atoms with Crippen LogP contribution in [0.1, 0.15) is 37.1 Å². The van der Waals surface area contributed by atoms with Gasteiger partial charge in [0.2, 0.25) is 11.8 Å². The van der Waals surface area contributed by atoms with Crippen molar-refractivity contribution in [1.82, 2.24) is 15.5 Å². The number of hydrogen-bond donors (Lipinski definition) is 2. The van der Waals surface area contributed by atoms with Crippen molar-refractivity contribution in [2.75, 3.05) is 26.2 Å². The monoisotopic (exact) mass is 335 g/mol. The van der Waals surface area contributed by atoms with Crippen molar-refractivity contribution >= 4 is 23.2 Å². The van der Waals surface area contributed by atoms with Crippen molar-refractivity contribution in [3.8, 4) is 0 Å². The molecule has 0 aromatic carbocycles. The number of hydrogen-bond acceptors (Lipinski definition) is 4. The Kier molecular flexibility index (Phi) is 5.33. The molecule has 126 valence electrons. The van der Waals surface area contributed by atoms with Gasteiger partial charge >= 0.3 is 0 Å². The summed E-state index contributed by atoms with van der Waals surface area (Å²) < 4.78 is 0. The van der Waals surface area contributed by atoms with E-state index in [1.54, 1.807) is 4.90 Å². The molecule has 2 aliphatic rings. The molecule has 0 bridgehead atoms. The van der Waals surface area contributed by atoms with Crippen LogP contribution in [-0.4, -0.2) is 42.9 Å². The lowest BCUT2D eigenvalue weighted by atomic mass is 9.85. The molecule has 2 N–H and O–H groups in total. The van der Waals surface area contributed by atoms with Gasteiger partial charge in [-0.05, 0) is 49.2 Å². The van der Waals surface area contributed by atoms with Gasteiger partial charge < -0.3 is 15.5 Å². The average molecular weight is 335 g/mol. The van der Waals surface area contributed by atoms with Gasteiger partial charge in [0.25, 0.3) is 0 Å². The number of amides is 2. The van der Waals surface area contributed by atoms with E-state index in [9.17, 15) is 9.59 Å². The van der Waals surface area contributed by atoms with Crippen molar-refractivity contribution in [3.05, 3.63) is 22.4 Å². The van der Waals surface area contributed by atoms with Gasteiger partial charge in [-0.3, -0.25) is 9.59 Å². The van der Waals surface area contributed by atoms with Crippen LogP contribution in [0, 0.1) is 11.8 Å². The molecule has 0 saturated carbocycles. The molecule has 3 heterocycles. The minimum absolute atomic E-state index is 0.0564. The van der Waals surface area contributed by atoms with Crippen LogP contribution in [0.4, 0.5) is 0 Å². The number of carbonyl (C=O) groups excluding carboxylic acids is 2. The molecule has 0 radical (unpaired) electrons. The Labute approximate surface area is 141 Å². The number of nitrogens with one attached hydrogen (secondary N) is 2. The third kappa shape index (κ3) is 3.75. The van der Waals surface area contributed by atoms with E-state index >= 15 is 0 Å². The maximum absolute atomic E-state index is 12.8. The van der Waals surface area contributed by atoms with Crippen molar-refractivity contribution in [2.24, 2.45) is 11.8 Å². The lowest BCUT2D eigenvalue weighted by Gasteiger charge is -2.36. The molecule has 1 aromatic heterocycles. The fourth-order valence-corrected chi connectivity index (χ4v) is 4.42. The van der Waals surface area contributed by atoms with E-state index in [1.165, 1.54) is 24.2 Å². The zero-order chi connectivity index (χ0) is 16.2. The van der Waals surface area contributed by atoms with Crippen LogP contribution >= 0.6 is 11.3 Å². The highest BCUT2D eigenvalue weighted by atomic mass is 32.1. The first kappa shape index (κ1) is 16.5. The number of piperazine rings is 1. The van der Waals surface area contributed by atoms with Gasteiger partial charge in [0, 0.05) is 24.4 Å². The lowest BCUT2D eigenvalue weighted by molar-refractivity contribution is -0.144. The van der Waals surface area contributed by atoms with E-state index in [2.05, 4.69) is 17.6 Å². The minimum atomic E-state index is -0.451. The summed E-state index contributed by atoms with van der Waals surface area (Å²) in [5.74, 6) is 0.964. The Morgan fingerprint density at radius 1 is 1.48 bits per heavy atom. The number of nitrogens with zero attached hydrogens (tertiary/aromatic N) is 1. The number of carbonyl (C=O) groups is 2. The summed E-state index contributed by atoms with van der Waals surface area (Å²) in [4.78, 5) is 27.8. The molecular weight excluding hydrogens is 310 g/mol. The van der Waals surface area contributed by atoms with Gasteiger partial charge in [0.1, 0.15) is 6.04 Å². The summed E-state index contributed by atoms with van der Waals surface area (Å²) in [5, 5.41) is 8.26. The van der Waals surface area contributed by atoms with Gasteiger partial charge in [-0.25, -0.2) is 0 Å². The summed E-state index contributed by atoms with van der Waals surface area (Å²) in [7, 11) is 0. The highest BCUT2D eigenvalue weighted by molar-refractivity contribution is 7.10. The van der Waals surface area contributed by atoms with Gasteiger partial charge in [-0.15, -0.1) is 11.3 Å². The molecule has 2 fully saturated rings. The van der Waals surface area contributed by atoms with E-state index in [1.807, 2.05) is 17.5 Å². The zero-order valence-corrected chi connectivity index (χ0v) is 14.4. The van der Waals surface area contributed by atoms with Gasteiger partial charge in [0.05, 0.1) is 0 Å². The molecule has 3 unspecified atom stereocenters. The highest BCUT2D eigenvalue weighted by Gasteiger charge is 2.36. The summed E-state index contributed by atoms with van der Waals surface area (Å²) in [5.41, 5.74) is 0. The van der Waals surface area contributed by atoms with Gasteiger partial charge in [-0.2, -0.15) is 0 Å². The normalized spacial score (nSPS) is 26.7. The molecule has 2 amide bonds. The topological polar surface area (TPSA) is 61.4 Å². The Hall–Kier alpha value is -1.40. The maximum atomic E-state index is 12.8. The van der Waals surface area contributed by atoms with Crippen LogP contribution < -0.4 is 10.6 Å². The molecule has 0 aliphatic carbocycles. The second-order valence-corrected chi connectivity index (χ2v) is 7.56. The van der Waals surface area contributed by atoms with E-state index < -0.39 is 6.04 Å². The first-order valence-corrected chi connectivity index (χ1v) is 9.36. The van der Waals surface area contributed by atoms with E-state index in [0.29, 0.717) is 31.3 Å². The molecule has 1 aromatic rings. The molecule has 6 heteroatoms. The minimum Gasteiger partial charge on any atom is -0.352 e. The second kappa shape index (κ2) is 7.45. The van der Waals surface area contributed by atoms with E-state index in [-0.39, 0.29) is 11.8 Å².